The molecule has 2 aromatic carbocycles. The molecule has 0 aliphatic rings. The summed E-state index contributed by atoms with van der Waals surface area (Å²) in [5.41, 5.74) is 3.29. The fraction of sp³-hybridized carbons (Fsp3) is 0.350. The fourth-order valence-electron chi connectivity index (χ4n) is 3.13. The number of ether oxygens (including phenoxy) is 1. The second-order valence-corrected chi connectivity index (χ2v) is 7.02. The number of alkyl halides is 3. The summed E-state index contributed by atoms with van der Waals surface area (Å²) in [7, 11) is 0. The molecule has 8 heteroatoms. The summed E-state index contributed by atoms with van der Waals surface area (Å²) in [6.07, 6.45) is -2.75. The van der Waals surface area contributed by atoms with Crippen molar-refractivity contribution in [3.05, 3.63) is 58.2 Å². The minimum atomic E-state index is -4.75. The molecule has 1 N–H and O–H groups in total. The first-order chi connectivity index (χ1) is 13.3. The lowest BCUT2D eigenvalue weighted by atomic mass is 10.1. The molecule has 0 saturated carbocycles. The summed E-state index contributed by atoms with van der Waals surface area (Å²) in [5, 5.41) is 15.0. The average molecular weight is 413 g/mol. The fourth-order valence-corrected chi connectivity index (χ4v) is 3.35. The van der Waals surface area contributed by atoms with Crippen LogP contribution >= 0.6 is 11.6 Å². The first-order valence-electron chi connectivity index (χ1n) is 8.88. The molecule has 0 aliphatic heterocycles. The van der Waals surface area contributed by atoms with Crippen molar-refractivity contribution in [1.82, 2.24) is 9.78 Å². The van der Waals surface area contributed by atoms with E-state index < -0.39 is 6.36 Å². The molecule has 0 aliphatic carbocycles. The van der Waals surface area contributed by atoms with E-state index >= 15 is 0 Å². The summed E-state index contributed by atoms with van der Waals surface area (Å²) in [6, 6.07) is 9.75. The van der Waals surface area contributed by atoms with Crippen molar-refractivity contribution < 1.29 is 23.0 Å². The summed E-state index contributed by atoms with van der Waals surface area (Å²) < 4.78 is 43.6. The third-order valence-electron chi connectivity index (χ3n) is 4.48. The van der Waals surface area contributed by atoms with Gasteiger partial charge in [0.25, 0.3) is 0 Å². The Bertz CT molecular complexity index is 970. The number of aryl methyl sites for hydroxylation is 2. The molecule has 1 aromatic heterocycles. The summed E-state index contributed by atoms with van der Waals surface area (Å²) in [4.78, 5) is 0. The van der Waals surface area contributed by atoms with Gasteiger partial charge in [0.15, 0.2) is 0 Å². The number of hydrogen-bond donors (Lipinski definition) is 1. The molecule has 150 valence electrons. The number of aromatic nitrogens is 2. The normalized spacial score (nSPS) is 11.9. The number of nitrogens with zero attached hydrogens (tertiary/aromatic N) is 2. The minimum Gasteiger partial charge on any atom is -0.406 e. The first-order valence-corrected chi connectivity index (χ1v) is 9.25. The molecule has 0 spiro atoms. The molecule has 0 saturated heterocycles. The number of rotatable bonds is 7. The standard InChI is InChI=1S/C20H20ClF3N2O2/c1-13-10-15(21)6-5-14(13)12-26-19-11-16(28-20(22,23)24)7-8-17(19)18(25-26)4-2-3-9-27/h5-8,10-11,27H,2-4,9,12H2,1H3. The first kappa shape index (κ1) is 20.5. The molecule has 3 rings (SSSR count). The van der Waals surface area contributed by atoms with Crippen molar-refractivity contribution in [2.24, 2.45) is 0 Å². The van der Waals surface area contributed by atoms with Crippen LogP contribution in [0.3, 0.4) is 0 Å². The minimum absolute atomic E-state index is 0.0895. The highest BCUT2D eigenvalue weighted by molar-refractivity contribution is 6.30. The zero-order valence-electron chi connectivity index (χ0n) is 15.3. The Morgan fingerprint density at radius 1 is 1.14 bits per heavy atom. The highest BCUT2D eigenvalue weighted by Gasteiger charge is 2.31. The Hall–Kier alpha value is -2.25. The number of unbranched alkanes of at least 4 members (excludes halogenated alkanes) is 1. The SMILES string of the molecule is Cc1cc(Cl)ccc1Cn1nc(CCCCO)c2ccc(OC(F)(F)F)cc21. The van der Waals surface area contributed by atoms with E-state index in [0.717, 1.165) is 28.6 Å². The molecule has 3 aromatic rings. The van der Waals surface area contributed by atoms with Gasteiger partial charge in [0.2, 0.25) is 0 Å². The molecule has 28 heavy (non-hydrogen) atoms. The van der Waals surface area contributed by atoms with Crippen LogP contribution in [0.1, 0.15) is 29.7 Å². The van der Waals surface area contributed by atoms with Gasteiger partial charge in [-0.2, -0.15) is 5.10 Å². The van der Waals surface area contributed by atoms with Gasteiger partial charge in [0.05, 0.1) is 17.8 Å². The zero-order valence-corrected chi connectivity index (χ0v) is 16.0. The number of fused-ring (bicyclic) bond motifs is 1. The maximum atomic E-state index is 12.6. The van der Waals surface area contributed by atoms with Gasteiger partial charge in [-0.15, -0.1) is 13.2 Å². The van der Waals surface area contributed by atoms with E-state index in [-0.39, 0.29) is 12.4 Å². The number of halogens is 4. The summed E-state index contributed by atoms with van der Waals surface area (Å²) >= 11 is 6.01. The molecule has 0 amide bonds. The van der Waals surface area contributed by atoms with Crippen LogP contribution < -0.4 is 4.74 Å². The molecule has 0 atom stereocenters. The Balaban J connectivity index is 2.01. The number of benzene rings is 2. The molecule has 0 bridgehead atoms. The lowest BCUT2D eigenvalue weighted by Gasteiger charge is -2.10. The van der Waals surface area contributed by atoms with Crippen molar-refractivity contribution in [3.63, 3.8) is 0 Å². The van der Waals surface area contributed by atoms with Gasteiger partial charge in [0.1, 0.15) is 5.75 Å². The summed E-state index contributed by atoms with van der Waals surface area (Å²) in [6.45, 7) is 2.41. The van der Waals surface area contributed by atoms with Crippen LogP contribution in [0.25, 0.3) is 10.9 Å². The Kier molecular flexibility index (Phi) is 6.15. The van der Waals surface area contributed by atoms with E-state index in [1.165, 1.54) is 12.1 Å². The highest BCUT2D eigenvalue weighted by Crippen LogP contribution is 2.29. The van der Waals surface area contributed by atoms with Gasteiger partial charge in [-0.05, 0) is 61.6 Å². The Morgan fingerprint density at radius 3 is 2.61 bits per heavy atom. The van der Waals surface area contributed by atoms with Crippen molar-refractivity contribution >= 4 is 22.5 Å². The maximum Gasteiger partial charge on any atom is 0.573 e. The van der Waals surface area contributed by atoms with Crippen LogP contribution in [0.4, 0.5) is 13.2 Å². The van der Waals surface area contributed by atoms with E-state index in [2.05, 4.69) is 9.84 Å². The van der Waals surface area contributed by atoms with Crippen molar-refractivity contribution in [2.75, 3.05) is 6.61 Å². The molecule has 4 nitrogen and oxygen atoms in total. The third-order valence-corrected chi connectivity index (χ3v) is 4.71. The van der Waals surface area contributed by atoms with Gasteiger partial charge >= 0.3 is 6.36 Å². The van der Waals surface area contributed by atoms with E-state index in [0.29, 0.717) is 29.9 Å². The van der Waals surface area contributed by atoms with E-state index in [1.807, 2.05) is 19.1 Å². The van der Waals surface area contributed by atoms with Crippen molar-refractivity contribution in [3.8, 4) is 5.75 Å². The predicted molar refractivity (Wildman–Crippen MR) is 102 cm³/mol. The van der Waals surface area contributed by atoms with E-state index in [9.17, 15) is 13.2 Å². The predicted octanol–water partition coefficient (Wildman–Crippen LogP) is 5.26. The number of aliphatic hydroxyl groups excluding tert-OH is 1. The van der Waals surface area contributed by atoms with Crippen LogP contribution in [0.2, 0.25) is 5.02 Å². The van der Waals surface area contributed by atoms with Crippen LogP contribution in [0.15, 0.2) is 36.4 Å². The number of aliphatic hydroxyl groups is 1. The second-order valence-electron chi connectivity index (χ2n) is 6.58. The third kappa shape index (κ3) is 4.97. The van der Waals surface area contributed by atoms with Crippen LogP contribution in [0, 0.1) is 6.92 Å². The number of hydrogen-bond acceptors (Lipinski definition) is 3. The lowest BCUT2D eigenvalue weighted by molar-refractivity contribution is -0.274. The van der Waals surface area contributed by atoms with Crippen molar-refractivity contribution in [1.29, 1.82) is 0 Å². The van der Waals surface area contributed by atoms with Gasteiger partial charge in [-0.25, -0.2) is 0 Å². The zero-order chi connectivity index (χ0) is 20.3. The second kappa shape index (κ2) is 8.41. The van der Waals surface area contributed by atoms with Crippen LogP contribution in [0.5, 0.6) is 5.75 Å². The molecule has 0 unspecified atom stereocenters. The molecular formula is C20H20ClF3N2O2. The highest BCUT2D eigenvalue weighted by atomic mass is 35.5. The van der Waals surface area contributed by atoms with Crippen LogP contribution in [-0.4, -0.2) is 27.9 Å². The van der Waals surface area contributed by atoms with Crippen molar-refractivity contribution in [2.45, 2.75) is 39.1 Å². The van der Waals surface area contributed by atoms with Gasteiger partial charge < -0.3 is 9.84 Å². The smallest absolute Gasteiger partial charge is 0.406 e. The maximum absolute atomic E-state index is 12.6. The van der Waals surface area contributed by atoms with Gasteiger partial charge in [0, 0.05) is 23.1 Å². The monoisotopic (exact) mass is 412 g/mol. The molecule has 0 radical (unpaired) electrons. The van der Waals surface area contributed by atoms with Gasteiger partial charge in [-0.3, -0.25) is 4.68 Å². The molecule has 0 fully saturated rings. The quantitative estimate of drug-likeness (QED) is 0.538. The molecular weight excluding hydrogens is 393 g/mol. The average Bonchev–Trinajstić information content (AvgIpc) is 2.93. The van der Waals surface area contributed by atoms with Crippen LogP contribution in [-0.2, 0) is 13.0 Å². The van der Waals surface area contributed by atoms with E-state index in [1.54, 1.807) is 16.8 Å². The Labute approximate surface area is 165 Å². The Morgan fingerprint density at radius 2 is 1.93 bits per heavy atom. The largest absolute Gasteiger partial charge is 0.573 e. The van der Waals surface area contributed by atoms with E-state index in [4.69, 9.17) is 16.7 Å². The summed E-state index contributed by atoms with van der Waals surface area (Å²) in [5.74, 6) is -0.282. The van der Waals surface area contributed by atoms with Gasteiger partial charge in [-0.1, -0.05) is 17.7 Å². The molecule has 1 heterocycles. The topological polar surface area (TPSA) is 47.3 Å². The lowest BCUT2D eigenvalue weighted by Crippen LogP contribution is -2.17.